The number of aliphatic hydroxyl groups is 1. The zero-order valence-corrected chi connectivity index (χ0v) is 20.0. The first-order valence-electron chi connectivity index (χ1n) is 11.4. The molecular weight excluding hydrogens is 462 g/mol. The van der Waals surface area contributed by atoms with E-state index in [-0.39, 0.29) is 27.8 Å². The zero-order valence-electron chi connectivity index (χ0n) is 19.2. The lowest BCUT2D eigenvalue weighted by Gasteiger charge is -2.39. The lowest BCUT2D eigenvalue weighted by Crippen LogP contribution is -2.42. The van der Waals surface area contributed by atoms with Crippen LogP contribution in [0, 0.1) is 0 Å². The fourth-order valence-corrected chi connectivity index (χ4v) is 6.07. The Labute approximate surface area is 205 Å². The van der Waals surface area contributed by atoms with Gasteiger partial charge in [-0.25, -0.2) is 0 Å². The first kappa shape index (κ1) is 23.2. The third-order valence-electron chi connectivity index (χ3n) is 6.74. The number of amidine groups is 1. The largest absolute Gasteiger partial charge is 0.506 e. The van der Waals surface area contributed by atoms with Crippen LogP contribution in [0.1, 0.15) is 36.5 Å². The summed E-state index contributed by atoms with van der Waals surface area (Å²) in [5.41, 5.74) is 8.04. The second-order valence-electron chi connectivity index (χ2n) is 9.11. The molecule has 3 aromatic carbocycles. The molecule has 0 saturated heterocycles. The van der Waals surface area contributed by atoms with Gasteiger partial charge in [0.15, 0.2) is 11.6 Å². The Bertz CT molecular complexity index is 1380. The zero-order chi connectivity index (χ0) is 24.8. The highest BCUT2D eigenvalue weighted by Gasteiger charge is 2.46. The van der Waals surface area contributed by atoms with Crippen molar-refractivity contribution in [2.45, 2.75) is 36.5 Å². The van der Waals surface area contributed by atoms with Crippen LogP contribution in [-0.2, 0) is 16.6 Å². The summed E-state index contributed by atoms with van der Waals surface area (Å²) in [4.78, 5) is 14.2. The van der Waals surface area contributed by atoms with Crippen LogP contribution in [0.5, 0.6) is 0 Å². The van der Waals surface area contributed by atoms with Crippen molar-refractivity contribution in [3.63, 3.8) is 0 Å². The second-order valence-corrected chi connectivity index (χ2v) is 10.8. The fraction of sp³-hybridized carbons (Fsp3) is 0.185. The monoisotopic (exact) mass is 489 g/mol. The summed E-state index contributed by atoms with van der Waals surface area (Å²) in [5, 5.41) is 14.2. The van der Waals surface area contributed by atoms with Gasteiger partial charge >= 0.3 is 0 Å². The SMILES string of the molecule is CC1(CCCc2ccccc2)C(=O)C(C2=NS(O)(O)c3cc(N)ccc3N2)=C(O)c2ccccc21. The first-order valence-corrected chi connectivity index (χ1v) is 12.9. The maximum atomic E-state index is 14.0. The number of fused-ring (bicyclic) bond motifs is 2. The molecule has 1 heterocycles. The summed E-state index contributed by atoms with van der Waals surface area (Å²) in [5.74, 6) is -0.609. The number of nitrogens with one attached hydrogen (secondary N) is 1. The minimum absolute atomic E-state index is 0.0478. The van der Waals surface area contributed by atoms with Gasteiger partial charge in [0.2, 0.25) is 0 Å². The second kappa shape index (κ2) is 8.57. The summed E-state index contributed by atoms with van der Waals surface area (Å²) in [6.07, 6.45) is 2.11. The molecule has 35 heavy (non-hydrogen) atoms. The standard InChI is InChI=1S/C27H27N3O4S/c1-27(15-7-10-17-8-3-2-4-9-17)20-12-6-5-11-19(20)24(31)23(25(27)32)26-29-21-14-13-18(28)16-22(21)35(33,34)30-26/h2-6,8-9,11-14,16,31,33-34H,7,10,15,28H2,1H3,(H,29,30). The van der Waals surface area contributed by atoms with Crippen LogP contribution in [0.15, 0.2) is 87.7 Å². The number of rotatable bonds is 5. The highest BCUT2D eigenvalue weighted by atomic mass is 32.3. The molecule has 0 fully saturated rings. The molecule has 0 aromatic heterocycles. The lowest BCUT2D eigenvalue weighted by atomic mass is 9.67. The van der Waals surface area contributed by atoms with E-state index >= 15 is 0 Å². The summed E-state index contributed by atoms with van der Waals surface area (Å²) in [6, 6.07) is 22.0. The van der Waals surface area contributed by atoms with E-state index in [1.807, 2.05) is 37.3 Å². The van der Waals surface area contributed by atoms with E-state index in [0.29, 0.717) is 23.4 Å². The molecule has 0 bridgehead atoms. The van der Waals surface area contributed by atoms with Crippen molar-refractivity contribution < 1.29 is 19.0 Å². The Balaban J connectivity index is 1.55. The average Bonchev–Trinajstić information content (AvgIpc) is 2.84. The fourth-order valence-electron chi connectivity index (χ4n) is 4.87. The van der Waals surface area contributed by atoms with Crippen LogP contribution < -0.4 is 11.1 Å². The molecule has 3 aromatic rings. The van der Waals surface area contributed by atoms with Gasteiger partial charge in [-0.1, -0.05) is 65.4 Å². The van der Waals surface area contributed by atoms with E-state index in [4.69, 9.17) is 5.73 Å². The van der Waals surface area contributed by atoms with Crippen LogP contribution in [0.2, 0.25) is 0 Å². The first-order chi connectivity index (χ1) is 16.7. The number of aliphatic hydroxyl groups excluding tert-OH is 1. The van der Waals surface area contributed by atoms with Crippen molar-refractivity contribution in [3.05, 3.63) is 95.1 Å². The summed E-state index contributed by atoms with van der Waals surface area (Å²) < 4.78 is 25.6. The number of aryl methyl sites for hydroxylation is 1. The van der Waals surface area contributed by atoms with Gasteiger partial charge in [0.1, 0.15) is 16.2 Å². The van der Waals surface area contributed by atoms with Crippen molar-refractivity contribution in [2.24, 2.45) is 4.40 Å². The van der Waals surface area contributed by atoms with Gasteiger partial charge in [-0.2, -0.15) is 0 Å². The van der Waals surface area contributed by atoms with Crippen LogP contribution in [0.25, 0.3) is 5.76 Å². The van der Waals surface area contributed by atoms with Crippen molar-refractivity contribution in [2.75, 3.05) is 11.1 Å². The number of ketones is 1. The minimum atomic E-state index is -3.63. The Kier molecular flexibility index (Phi) is 5.67. The molecule has 0 saturated carbocycles. The number of Topliss-reactive ketones (excluding diaryl/α,β-unsaturated/α-hetero) is 1. The Morgan fingerprint density at radius 3 is 2.51 bits per heavy atom. The van der Waals surface area contributed by atoms with E-state index in [0.717, 1.165) is 18.4 Å². The molecule has 1 atom stereocenters. The highest BCUT2D eigenvalue weighted by Crippen LogP contribution is 2.56. The molecule has 5 rings (SSSR count). The molecule has 6 N–H and O–H groups in total. The molecule has 0 spiro atoms. The molecule has 1 aliphatic heterocycles. The van der Waals surface area contributed by atoms with Gasteiger partial charge in [0, 0.05) is 11.3 Å². The van der Waals surface area contributed by atoms with Crippen LogP contribution in [0.4, 0.5) is 11.4 Å². The van der Waals surface area contributed by atoms with Gasteiger partial charge in [-0.05, 0) is 55.5 Å². The number of anilines is 2. The van der Waals surface area contributed by atoms with Crippen molar-refractivity contribution in [1.29, 1.82) is 0 Å². The molecule has 1 unspecified atom stereocenters. The van der Waals surface area contributed by atoms with Crippen LogP contribution in [0.3, 0.4) is 0 Å². The van der Waals surface area contributed by atoms with Crippen LogP contribution in [-0.4, -0.2) is 25.8 Å². The summed E-state index contributed by atoms with van der Waals surface area (Å²) >= 11 is 0. The van der Waals surface area contributed by atoms with Gasteiger partial charge in [-0.15, -0.1) is 4.40 Å². The molecule has 0 radical (unpaired) electrons. The molecule has 1 aliphatic carbocycles. The Morgan fingerprint density at radius 1 is 1.03 bits per heavy atom. The Morgan fingerprint density at radius 2 is 1.74 bits per heavy atom. The number of carbonyl (C=O) groups is 1. The van der Waals surface area contributed by atoms with E-state index in [1.54, 1.807) is 24.3 Å². The normalized spacial score (nSPS) is 21.5. The summed E-state index contributed by atoms with van der Waals surface area (Å²) in [6.45, 7) is 1.88. The average molecular weight is 490 g/mol. The van der Waals surface area contributed by atoms with Gasteiger partial charge in [0.05, 0.1) is 11.1 Å². The van der Waals surface area contributed by atoms with E-state index in [1.165, 1.54) is 11.6 Å². The number of nitrogen functional groups attached to an aromatic ring is 1. The smallest absolute Gasteiger partial charge is 0.180 e. The quantitative estimate of drug-likeness (QED) is 0.282. The molecular formula is C27H27N3O4S. The Hall–Kier alpha value is -3.59. The van der Waals surface area contributed by atoms with Gasteiger partial charge in [0.25, 0.3) is 0 Å². The molecule has 2 aliphatic rings. The number of benzene rings is 3. The molecule has 7 nitrogen and oxygen atoms in total. The van der Waals surface area contributed by atoms with Crippen LogP contribution >= 0.6 is 10.8 Å². The number of nitrogens with two attached hydrogens (primary N) is 1. The van der Waals surface area contributed by atoms with E-state index in [2.05, 4.69) is 21.8 Å². The van der Waals surface area contributed by atoms with Crippen molar-refractivity contribution in [1.82, 2.24) is 0 Å². The summed E-state index contributed by atoms with van der Waals surface area (Å²) in [7, 11) is -3.63. The topological polar surface area (TPSA) is 128 Å². The van der Waals surface area contributed by atoms with Crippen molar-refractivity contribution >= 4 is 39.5 Å². The number of nitrogens with zero attached hydrogens (tertiary/aromatic N) is 1. The number of hydrogen-bond donors (Lipinski definition) is 5. The van der Waals surface area contributed by atoms with Gasteiger partial charge in [-0.3, -0.25) is 13.9 Å². The van der Waals surface area contributed by atoms with Gasteiger partial charge < -0.3 is 16.2 Å². The third kappa shape index (κ3) is 3.99. The third-order valence-corrected chi connectivity index (χ3v) is 8.10. The molecule has 8 heteroatoms. The number of carbonyl (C=O) groups excluding carboxylic acids is 1. The lowest BCUT2D eigenvalue weighted by molar-refractivity contribution is -0.120. The number of hydrogen-bond acceptors (Lipinski definition) is 7. The predicted molar refractivity (Wildman–Crippen MR) is 141 cm³/mol. The van der Waals surface area contributed by atoms with E-state index in [9.17, 15) is 19.0 Å². The predicted octanol–water partition coefficient (Wildman–Crippen LogP) is 5.95. The molecule has 0 amide bonds. The van der Waals surface area contributed by atoms with E-state index < -0.39 is 16.2 Å². The van der Waals surface area contributed by atoms with Crippen molar-refractivity contribution in [3.8, 4) is 0 Å². The highest BCUT2D eigenvalue weighted by molar-refractivity contribution is 8.23. The molecule has 180 valence electrons. The maximum Gasteiger partial charge on any atom is 0.180 e. The maximum absolute atomic E-state index is 14.0. The minimum Gasteiger partial charge on any atom is -0.506 e.